The third-order valence-electron chi connectivity index (χ3n) is 0.828. The molecule has 0 aliphatic carbocycles. The van der Waals surface area contributed by atoms with Gasteiger partial charge in [-0.05, 0) is 5.22 Å². The zero-order valence-corrected chi connectivity index (χ0v) is 4.23. The highest BCUT2D eigenvalue weighted by Gasteiger charge is 2.04. The molecule has 8 heavy (non-hydrogen) atoms. The van der Waals surface area contributed by atoms with E-state index in [9.17, 15) is 0 Å². The molecule has 1 aliphatic heterocycles. The summed E-state index contributed by atoms with van der Waals surface area (Å²) in [6.45, 7) is 1.45. The number of hydrogen-bond donors (Lipinski definition) is 0. The van der Waals surface area contributed by atoms with Crippen LogP contribution in [0.3, 0.4) is 0 Å². The van der Waals surface area contributed by atoms with Gasteiger partial charge in [-0.3, -0.25) is 0 Å². The van der Waals surface area contributed by atoms with Crippen molar-refractivity contribution in [2.75, 3.05) is 13.1 Å². The Morgan fingerprint density at radius 3 is 3.25 bits per heavy atom. The highest BCUT2D eigenvalue weighted by Crippen LogP contribution is 1.91. The topological polar surface area (TPSA) is 64.4 Å². The van der Waals surface area contributed by atoms with Gasteiger partial charge < -0.3 is 0 Å². The quantitative estimate of drug-likeness (QED) is 0.277. The fourth-order valence-corrected chi connectivity index (χ4v) is 0.489. The van der Waals surface area contributed by atoms with Crippen LogP contribution in [0.2, 0.25) is 0 Å². The van der Waals surface area contributed by atoms with Gasteiger partial charge in [0.25, 0.3) is 0 Å². The van der Waals surface area contributed by atoms with E-state index in [1.54, 1.807) is 0 Å². The van der Waals surface area contributed by atoms with E-state index < -0.39 is 0 Å². The monoisotopic (exact) mass is 111 g/mol. The summed E-state index contributed by atoms with van der Waals surface area (Å²) in [4.78, 5) is 6.40. The van der Waals surface area contributed by atoms with Crippen LogP contribution in [0, 0.1) is 0 Å². The largest absolute Gasteiger partial charge is 0.250 e. The molecule has 0 atom stereocenters. The first kappa shape index (κ1) is 4.93. The van der Waals surface area contributed by atoms with Gasteiger partial charge in [0.1, 0.15) is 6.54 Å². The van der Waals surface area contributed by atoms with Gasteiger partial charge in [0, 0.05) is 0 Å². The zero-order valence-electron chi connectivity index (χ0n) is 4.23. The van der Waals surface area contributed by atoms with Gasteiger partial charge in [0.05, 0.1) is 6.54 Å². The molecular weight excluding hydrogens is 106 g/mol. The third-order valence-corrected chi connectivity index (χ3v) is 0.828. The molecule has 0 spiro atoms. The Kier molecular flexibility index (Phi) is 1.34. The van der Waals surface area contributed by atoms with Gasteiger partial charge >= 0.3 is 0 Å². The standard InChI is InChI=1S/C3H5N5/c4-6-7-8-2-1-5-3-8/h3H,1-2H2. The summed E-state index contributed by atoms with van der Waals surface area (Å²) in [5, 5.41) is 4.75. The number of azide groups is 1. The number of rotatable bonds is 1. The fourth-order valence-electron chi connectivity index (χ4n) is 0.489. The molecule has 0 aromatic heterocycles. The minimum absolute atomic E-state index is 0.712. The van der Waals surface area contributed by atoms with Crippen molar-refractivity contribution in [2.45, 2.75) is 0 Å². The van der Waals surface area contributed by atoms with Crippen LogP contribution in [0.4, 0.5) is 0 Å². The minimum Gasteiger partial charge on any atom is -0.250 e. The third kappa shape index (κ3) is 0.886. The van der Waals surface area contributed by atoms with E-state index in [1.807, 2.05) is 0 Å². The molecule has 0 saturated carbocycles. The average Bonchev–Trinajstić information content (AvgIpc) is 2.19. The van der Waals surface area contributed by atoms with E-state index in [1.165, 1.54) is 11.3 Å². The van der Waals surface area contributed by atoms with Crippen LogP contribution in [0.25, 0.3) is 10.4 Å². The van der Waals surface area contributed by atoms with E-state index in [2.05, 4.69) is 15.1 Å². The van der Waals surface area contributed by atoms with Gasteiger partial charge in [-0.25, -0.2) is 10.0 Å². The highest BCUT2D eigenvalue weighted by atomic mass is 15.6. The van der Waals surface area contributed by atoms with Crippen molar-refractivity contribution >= 4 is 6.34 Å². The highest BCUT2D eigenvalue weighted by molar-refractivity contribution is 5.56. The lowest BCUT2D eigenvalue weighted by Crippen LogP contribution is -2.09. The van der Waals surface area contributed by atoms with Crippen LogP contribution in [-0.2, 0) is 0 Å². The van der Waals surface area contributed by atoms with E-state index in [-0.39, 0.29) is 0 Å². The van der Waals surface area contributed by atoms with Gasteiger partial charge in [0.15, 0.2) is 6.34 Å². The van der Waals surface area contributed by atoms with Crippen molar-refractivity contribution < 1.29 is 0 Å². The molecule has 42 valence electrons. The summed E-state index contributed by atoms with van der Waals surface area (Å²) in [6.07, 6.45) is 1.53. The molecule has 1 heterocycles. The van der Waals surface area contributed by atoms with Crippen molar-refractivity contribution in [3.8, 4) is 0 Å². The number of aliphatic imine (C=N–C) groups is 1. The Hall–Kier alpha value is -1.22. The zero-order chi connectivity index (χ0) is 5.82. The second kappa shape index (κ2) is 2.18. The molecule has 0 unspecified atom stereocenters. The lowest BCUT2D eigenvalue weighted by atomic mass is 10.7. The van der Waals surface area contributed by atoms with Gasteiger partial charge in [0.2, 0.25) is 0 Å². The van der Waals surface area contributed by atoms with Crippen molar-refractivity contribution in [3.05, 3.63) is 10.4 Å². The van der Waals surface area contributed by atoms with Gasteiger partial charge in [-0.2, -0.15) is 4.91 Å². The summed E-state index contributed by atoms with van der Waals surface area (Å²) in [6, 6.07) is 0. The Morgan fingerprint density at radius 1 is 1.88 bits per heavy atom. The first-order valence-electron chi connectivity index (χ1n) is 2.25. The van der Waals surface area contributed by atoms with Crippen LogP contribution >= 0.6 is 0 Å². The second-order valence-corrected chi connectivity index (χ2v) is 1.36. The maximum atomic E-state index is 7.88. The summed E-state index contributed by atoms with van der Waals surface area (Å²) in [5.41, 5.74) is 7.88. The minimum atomic E-state index is 0.712. The molecule has 0 N–H and O–H groups in total. The Bertz CT molecular complexity index is 144. The first-order chi connectivity index (χ1) is 3.93. The van der Waals surface area contributed by atoms with Crippen LogP contribution < -0.4 is 0 Å². The molecule has 5 nitrogen and oxygen atoms in total. The summed E-state index contributed by atoms with van der Waals surface area (Å²) in [7, 11) is 0. The van der Waals surface area contributed by atoms with E-state index in [0.717, 1.165) is 6.54 Å². The first-order valence-corrected chi connectivity index (χ1v) is 2.25. The van der Waals surface area contributed by atoms with E-state index in [4.69, 9.17) is 5.53 Å². The normalized spacial score (nSPS) is 16.2. The maximum absolute atomic E-state index is 7.88. The van der Waals surface area contributed by atoms with Gasteiger partial charge in [-0.1, -0.05) is 0 Å². The maximum Gasteiger partial charge on any atom is 0.181 e. The second-order valence-electron chi connectivity index (χ2n) is 1.36. The van der Waals surface area contributed by atoms with E-state index >= 15 is 0 Å². The summed E-state index contributed by atoms with van der Waals surface area (Å²) in [5.74, 6) is 0. The van der Waals surface area contributed by atoms with Crippen LogP contribution in [0.1, 0.15) is 0 Å². The molecule has 0 amide bonds. The predicted molar refractivity (Wildman–Crippen MR) is 29.2 cm³/mol. The van der Waals surface area contributed by atoms with Crippen LogP contribution in [0.15, 0.2) is 10.2 Å². The van der Waals surface area contributed by atoms with Crippen LogP contribution in [-0.4, -0.2) is 24.4 Å². The molecular formula is C3H5N5. The number of hydrogen-bond acceptors (Lipinski definition) is 2. The molecule has 0 bridgehead atoms. The van der Waals surface area contributed by atoms with E-state index in [0.29, 0.717) is 6.54 Å². The lowest BCUT2D eigenvalue weighted by Gasteiger charge is -1.94. The molecule has 0 saturated heterocycles. The van der Waals surface area contributed by atoms with Crippen molar-refractivity contribution in [1.82, 2.24) is 5.01 Å². The molecule has 5 heteroatoms. The van der Waals surface area contributed by atoms with Crippen molar-refractivity contribution in [3.63, 3.8) is 0 Å². The molecule has 0 aromatic carbocycles. The molecule has 1 rings (SSSR count). The lowest BCUT2D eigenvalue weighted by molar-refractivity contribution is 0.492. The Morgan fingerprint density at radius 2 is 2.75 bits per heavy atom. The average molecular weight is 111 g/mol. The van der Waals surface area contributed by atoms with Crippen molar-refractivity contribution in [2.24, 2.45) is 10.2 Å². The molecule has 0 fully saturated rings. The molecule has 0 radical (unpaired) electrons. The molecule has 0 aromatic rings. The van der Waals surface area contributed by atoms with Crippen molar-refractivity contribution in [1.29, 1.82) is 0 Å². The molecule has 1 aliphatic rings. The predicted octanol–water partition coefficient (Wildman–Crippen LogP) is 0.556. The van der Waals surface area contributed by atoms with Crippen LogP contribution in [0.5, 0.6) is 0 Å². The Balaban J connectivity index is 2.48. The smallest absolute Gasteiger partial charge is 0.181 e. The SMILES string of the molecule is [N-]=[N+]=NN1C=NCC1. The summed E-state index contributed by atoms with van der Waals surface area (Å²) < 4.78 is 0. The van der Waals surface area contributed by atoms with Gasteiger partial charge in [-0.15, -0.1) is 5.53 Å². The number of nitrogens with zero attached hydrogens (tertiary/aromatic N) is 5. The Labute approximate surface area is 46.2 Å². The fraction of sp³-hybridized carbons (Fsp3) is 0.667. The summed E-state index contributed by atoms with van der Waals surface area (Å²) >= 11 is 0.